The lowest BCUT2D eigenvalue weighted by molar-refractivity contribution is -0.148. The second-order valence-electron chi connectivity index (χ2n) is 26.8. The van der Waals surface area contributed by atoms with Gasteiger partial charge in [0.25, 0.3) is 0 Å². The number of carboxylic acids is 1. The number of methoxy groups -OCH3 is 2. The van der Waals surface area contributed by atoms with Crippen LogP contribution in [0.25, 0.3) is 0 Å². The largest absolute Gasteiger partial charge is 0.481 e. The molecule has 1 aliphatic rings. The lowest BCUT2D eigenvalue weighted by Gasteiger charge is -2.41. The third-order valence-corrected chi connectivity index (χ3v) is 19.1. The first-order chi connectivity index (χ1) is 46.4. The molecule has 2 aromatic carbocycles. The summed E-state index contributed by atoms with van der Waals surface area (Å²) < 4.78 is 17.9. The highest BCUT2D eigenvalue weighted by atomic mass is 32.1. The van der Waals surface area contributed by atoms with Crippen LogP contribution in [0.15, 0.2) is 66.2 Å². The molecule has 4 rings (SSSR count). The van der Waals surface area contributed by atoms with Crippen LogP contribution in [0.3, 0.4) is 0 Å². The van der Waals surface area contributed by atoms with Crippen LogP contribution >= 0.6 is 11.3 Å². The molecule has 10 amide bonds. The van der Waals surface area contributed by atoms with Gasteiger partial charge in [0.1, 0.15) is 35.8 Å². The maximum Gasteiger partial charge on any atom is 0.410 e. The topological polar surface area (TPSA) is 346 Å². The molecular formula is C70H111N13O14S. The number of hydrogen-bond donors (Lipinski definition) is 8. The van der Waals surface area contributed by atoms with E-state index >= 15 is 0 Å². The summed E-state index contributed by atoms with van der Waals surface area (Å²) in [7, 11) is 9.83. The number of aromatic nitrogens is 1. The molecule has 0 saturated carbocycles. The molecule has 11 atom stereocenters. The minimum absolute atomic E-state index is 0.0204. The monoisotopic (exact) mass is 1390 g/mol. The summed E-state index contributed by atoms with van der Waals surface area (Å²) in [6, 6.07) is 9.93. The smallest absolute Gasteiger partial charge is 0.410 e. The van der Waals surface area contributed by atoms with E-state index in [1.807, 2.05) is 94.2 Å². The van der Waals surface area contributed by atoms with Crippen molar-refractivity contribution in [2.75, 3.05) is 87.0 Å². The molecular weight excluding hydrogens is 1280 g/mol. The SMILES string of the molecule is CC[C@H](C)[C@@H]([C@@H](CC(=O)N1CCC[C@H]1[C@H](OC)[C@@H](C)C(=O)N[C@@H](Cc1ccccc1)c1nccs1)OC)N(C)C(=O)[C@@H](NC(=O)[C@H](C(C)C)N(C)C(=O)OCc1ccc(NC(=O)[C@H](CCCNC(N)=O)NC(=O)[C@@H](NC(=O)CCN(C)CCN(C)CCC(=O)O)C(C)C)cc1)C(C)C. The van der Waals surface area contributed by atoms with Crippen LogP contribution in [-0.4, -0.2) is 224 Å². The zero-order valence-electron chi connectivity index (χ0n) is 60.2. The number of likely N-dealkylation sites (N-methyl/N-ethyl adjacent to an activating group) is 4. The fourth-order valence-corrected chi connectivity index (χ4v) is 12.9. The van der Waals surface area contributed by atoms with E-state index in [1.165, 1.54) is 30.4 Å². The third-order valence-electron chi connectivity index (χ3n) is 18.2. The Hall–Kier alpha value is -7.79. The van der Waals surface area contributed by atoms with E-state index in [4.69, 9.17) is 25.1 Å². The number of rotatable bonds is 42. The van der Waals surface area contributed by atoms with Crippen molar-refractivity contribution in [1.29, 1.82) is 0 Å². The molecule has 1 saturated heterocycles. The number of nitrogens with one attached hydrogen (secondary N) is 6. The van der Waals surface area contributed by atoms with Gasteiger partial charge in [0, 0.05) is 91.3 Å². The van der Waals surface area contributed by atoms with E-state index < -0.39 is 108 Å². The quantitative estimate of drug-likeness (QED) is 0.0318. The summed E-state index contributed by atoms with van der Waals surface area (Å²) in [5.41, 5.74) is 7.19. The van der Waals surface area contributed by atoms with E-state index in [9.17, 15) is 47.9 Å². The van der Waals surface area contributed by atoms with Gasteiger partial charge in [-0.05, 0) is 93.1 Å². The number of amides is 10. The lowest BCUT2D eigenvalue weighted by atomic mass is 9.89. The van der Waals surface area contributed by atoms with Crippen molar-refractivity contribution in [3.05, 3.63) is 82.3 Å². The van der Waals surface area contributed by atoms with Gasteiger partial charge in [-0.3, -0.25) is 43.3 Å². The average molecular weight is 1390 g/mol. The minimum atomic E-state index is -1.10. The predicted molar refractivity (Wildman–Crippen MR) is 375 cm³/mol. The van der Waals surface area contributed by atoms with Gasteiger partial charge in [-0.15, -0.1) is 11.3 Å². The fourth-order valence-electron chi connectivity index (χ4n) is 12.2. The summed E-state index contributed by atoms with van der Waals surface area (Å²) in [5, 5.41) is 28.7. The number of hydrogen-bond acceptors (Lipinski definition) is 17. The molecule has 0 aliphatic carbocycles. The molecule has 0 unspecified atom stereocenters. The van der Waals surface area contributed by atoms with Crippen LogP contribution in [-0.2, 0) is 65.6 Å². The number of nitrogens with two attached hydrogens (primary N) is 1. The maximum atomic E-state index is 14.9. The van der Waals surface area contributed by atoms with Gasteiger partial charge in [0.15, 0.2) is 0 Å². The number of primary amides is 1. The van der Waals surface area contributed by atoms with Crippen LogP contribution in [0.2, 0.25) is 0 Å². The number of thiazole rings is 1. The first-order valence-corrected chi connectivity index (χ1v) is 35.0. The minimum Gasteiger partial charge on any atom is -0.481 e. The summed E-state index contributed by atoms with van der Waals surface area (Å²) in [5.74, 6) is -5.87. The number of carboxylic acid groups (broad SMARTS) is 1. The van der Waals surface area contributed by atoms with Crippen molar-refractivity contribution in [2.24, 2.45) is 35.3 Å². The van der Waals surface area contributed by atoms with Crippen molar-refractivity contribution in [1.82, 2.24) is 56.1 Å². The molecule has 27 nitrogen and oxygen atoms in total. The molecule has 1 aliphatic heterocycles. The normalized spacial score (nSPS) is 16.2. The Morgan fingerprint density at radius 3 is 1.93 bits per heavy atom. The average Bonchev–Trinajstić information content (AvgIpc) is 1.31. The van der Waals surface area contributed by atoms with Crippen LogP contribution in [0.5, 0.6) is 0 Å². The summed E-state index contributed by atoms with van der Waals surface area (Å²) in [6.07, 6.45) is 2.38. The number of ether oxygens (including phenoxy) is 3. The van der Waals surface area contributed by atoms with Gasteiger partial charge in [-0.2, -0.15) is 0 Å². The Kier molecular flexibility index (Phi) is 35.1. The Morgan fingerprint density at radius 1 is 0.724 bits per heavy atom. The zero-order chi connectivity index (χ0) is 72.9. The Labute approximate surface area is 583 Å². The number of carbonyl (C=O) groups excluding carboxylic acids is 9. The van der Waals surface area contributed by atoms with Crippen molar-refractivity contribution in [3.63, 3.8) is 0 Å². The van der Waals surface area contributed by atoms with E-state index in [2.05, 4.69) is 36.9 Å². The van der Waals surface area contributed by atoms with Gasteiger partial charge >= 0.3 is 18.1 Å². The molecule has 28 heteroatoms. The fraction of sp³-hybridized carbons (Fsp3) is 0.643. The predicted octanol–water partition coefficient (Wildman–Crippen LogP) is 5.64. The zero-order valence-corrected chi connectivity index (χ0v) is 61.0. The molecule has 9 N–H and O–H groups in total. The second-order valence-corrected chi connectivity index (χ2v) is 27.7. The van der Waals surface area contributed by atoms with Crippen molar-refractivity contribution in [2.45, 2.75) is 181 Å². The molecule has 0 radical (unpaired) electrons. The van der Waals surface area contributed by atoms with Gasteiger partial charge in [-0.1, -0.05) is 111 Å². The van der Waals surface area contributed by atoms with Gasteiger partial charge < -0.3 is 76.6 Å². The lowest BCUT2D eigenvalue weighted by Crippen LogP contribution is -2.60. The highest BCUT2D eigenvalue weighted by molar-refractivity contribution is 7.09. The molecule has 98 heavy (non-hydrogen) atoms. The summed E-state index contributed by atoms with van der Waals surface area (Å²) >= 11 is 1.47. The molecule has 0 spiro atoms. The van der Waals surface area contributed by atoms with E-state index in [0.717, 1.165) is 10.6 Å². The number of likely N-dealkylation sites (tertiary alicyclic amines) is 1. The Bertz CT molecular complexity index is 3020. The number of urea groups is 1. The molecule has 1 fully saturated rings. The molecule has 0 bridgehead atoms. The number of aliphatic carboxylic acids is 1. The van der Waals surface area contributed by atoms with Crippen LogP contribution in [0, 0.1) is 29.6 Å². The van der Waals surface area contributed by atoms with Crippen LogP contribution in [0.4, 0.5) is 15.3 Å². The summed E-state index contributed by atoms with van der Waals surface area (Å²) in [6.45, 7) is 18.8. The first kappa shape index (κ1) is 82.6. The van der Waals surface area contributed by atoms with Crippen molar-refractivity contribution in [3.8, 4) is 0 Å². The number of nitrogens with zero attached hydrogens (tertiary/aromatic N) is 6. The summed E-state index contributed by atoms with van der Waals surface area (Å²) in [4.78, 5) is 148. The molecule has 3 aromatic rings. The number of anilines is 1. The van der Waals surface area contributed by atoms with E-state index in [0.29, 0.717) is 69.7 Å². The molecule has 1 aromatic heterocycles. The van der Waals surface area contributed by atoms with Crippen molar-refractivity contribution < 1.29 is 67.3 Å². The van der Waals surface area contributed by atoms with E-state index in [1.54, 1.807) is 82.1 Å². The van der Waals surface area contributed by atoms with Crippen molar-refractivity contribution >= 4 is 76.5 Å². The number of benzene rings is 2. The second kappa shape index (κ2) is 41.6. The van der Waals surface area contributed by atoms with Crippen LogP contribution < -0.4 is 37.6 Å². The Balaban J connectivity index is 1.39. The standard InChI is InChI=1S/C70H111N13O14S/c1-16-46(8)61(54(95-14)41-56(85)83-34-21-25-53(83)62(96-15)47(9)63(88)76-52(67-72-33-39-98-67)40-48-22-18-17-19-23-48)81(12)68(92)59(44(4)5)78-66(91)60(45(6)7)82(13)70(94)97-42-49-26-28-50(29-27-49)74-64(89)51(24-20-32-73-69(71)93)75-65(90)58(43(2)3)77-55(84)30-35-79(10)37-38-80(11)36-31-57(86)87/h17-19,22-23,26-29,33,39,43-47,51-54,58-62H,16,20-21,24-25,30-32,34-38,40-42H2,1-15H3,(H,74,89)(H,75,90)(H,76,88)(H,77,84)(H,78,91)(H,86,87)(H3,71,73,93)/t46-,47+,51-,52-,53-,54+,58-,59-,60-,61-,62+/m0/s1. The van der Waals surface area contributed by atoms with E-state index in [-0.39, 0.29) is 80.9 Å². The highest BCUT2D eigenvalue weighted by Gasteiger charge is 2.44. The highest BCUT2D eigenvalue weighted by Crippen LogP contribution is 2.31. The van der Waals surface area contributed by atoms with Gasteiger partial charge in [0.05, 0.1) is 49.1 Å². The Morgan fingerprint density at radius 2 is 1.37 bits per heavy atom. The third kappa shape index (κ3) is 26.1. The maximum absolute atomic E-state index is 14.9. The van der Waals surface area contributed by atoms with Gasteiger partial charge in [-0.25, -0.2) is 14.6 Å². The molecule has 546 valence electrons. The van der Waals surface area contributed by atoms with Crippen LogP contribution in [0.1, 0.15) is 136 Å². The van der Waals surface area contributed by atoms with Gasteiger partial charge in [0.2, 0.25) is 41.4 Å². The number of carbonyl (C=O) groups is 10. The first-order valence-electron chi connectivity index (χ1n) is 34.1. The molecule has 2 heterocycles.